The van der Waals surface area contributed by atoms with Crippen molar-refractivity contribution in [1.29, 1.82) is 0 Å². The minimum absolute atomic E-state index is 0.582. The molecule has 0 aromatic carbocycles. The van der Waals surface area contributed by atoms with Gasteiger partial charge in [-0.15, -0.1) is 0 Å². The minimum Gasteiger partial charge on any atom is -0.375 e. The average Bonchev–Trinajstić information content (AvgIpc) is 2.78. The van der Waals surface area contributed by atoms with Crippen LogP contribution in [0.3, 0.4) is 0 Å². The van der Waals surface area contributed by atoms with Gasteiger partial charge in [-0.25, -0.2) is 0 Å². The van der Waals surface area contributed by atoms with Gasteiger partial charge in [0, 0.05) is 38.0 Å². The van der Waals surface area contributed by atoms with E-state index < -0.39 is 26.4 Å². The van der Waals surface area contributed by atoms with Crippen molar-refractivity contribution in [2.75, 3.05) is 19.8 Å². The van der Waals surface area contributed by atoms with Crippen molar-refractivity contribution in [1.82, 2.24) is 0 Å². The summed E-state index contributed by atoms with van der Waals surface area (Å²) in [7, 11) is -8.90. The van der Waals surface area contributed by atoms with E-state index in [1.807, 2.05) is 20.8 Å². The predicted molar refractivity (Wildman–Crippen MR) is 142 cm³/mol. The Bertz CT molecular complexity index is 411. The lowest BCUT2D eigenvalue weighted by Gasteiger charge is -2.50. The molecule has 1 heterocycles. The van der Waals surface area contributed by atoms with Crippen LogP contribution in [0.25, 0.3) is 0 Å². The largest absolute Gasteiger partial charge is 0.486 e. The fraction of sp³-hybridized carbons (Fsp3) is 1.00. The number of hydrogen-bond donors (Lipinski definition) is 0. The Kier molecular flexibility index (Phi) is 16.9. The molecular weight excluding hydrogens is 469 g/mol. The second-order valence-electron chi connectivity index (χ2n) is 9.09. The Hall–Kier alpha value is 0.411. The molecule has 1 saturated heterocycles. The number of hydrogen-bond acceptors (Lipinski definition) is 6. The third-order valence-electron chi connectivity index (χ3n) is 6.04. The van der Waals surface area contributed by atoms with Crippen molar-refractivity contribution in [3.05, 3.63) is 0 Å². The lowest BCUT2D eigenvalue weighted by atomic mass is 10.2. The molecule has 1 rings (SSSR count). The van der Waals surface area contributed by atoms with Gasteiger partial charge >= 0.3 is 26.4 Å². The second kappa shape index (κ2) is 17.8. The van der Waals surface area contributed by atoms with Crippen LogP contribution in [-0.4, -0.2) is 46.2 Å². The smallest absolute Gasteiger partial charge is 0.375 e. The van der Waals surface area contributed by atoms with Crippen LogP contribution in [0.4, 0.5) is 0 Å². The quantitative estimate of drug-likeness (QED) is 0.114. The van der Waals surface area contributed by atoms with Gasteiger partial charge < -0.3 is 25.6 Å². The maximum absolute atomic E-state index is 6.88. The van der Waals surface area contributed by atoms with Gasteiger partial charge in [0.05, 0.1) is 0 Å². The third kappa shape index (κ3) is 11.3. The van der Waals surface area contributed by atoms with E-state index in [0.717, 1.165) is 37.4 Å². The first-order valence-electron chi connectivity index (χ1n) is 14.0. The molecule has 198 valence electrons. The zero-order valence-corrected chi connectivity index (χ0v) is 25.7. The van der Waals surface area contributed by atoms with Crippen LogP contribution < -0.4 is 0 Å². The maximum Gasteiger partial charge on any atom is 0.486 e. The van der Waals surface area contributed by atoms with Crippen LogP contribution >= 0.6 is 0 Å². The molecule has 0 aliphatic carbocycles. The third-order valence-corrected chi connectivity index (χ3v) is 18.6. The molecule has 0 unspecified atom stereocenters. The molecule has 0 aromatic rings. The summed E-state index contributed by atoms with van der Waals surface area (Å²) in [5.41, 5.74) is 0. The highest BCUT2D eigenvalue weighted by Gasteiger charge is 2.66. The Morgan fingerprint density at radius 1 is 0.394 bits per heavy atom. The molecule has 0 N–H and O–H groups in total. The highest BCUT2D eigenvalue weighted by molar-refractivity contribution is 6.88. The van der Waals surface area contributed by atoms with Gasteiger partial charge in [-0.3, -0.25) is 0 Å². The first-order valence-corrected chi connectivity index (χ1v) is 19.8. The summed E-state index contributed by atoms with van der Waals surface area (Å²) >= 11 is 0. The van der Waals surface area contributed by atoms with Crippen molar-refractivity contribution >= 4 is 26.4 Å². The topological polar surface area (TPSA) is 55.4 Å². The van der Waals surface area contributed by atoms with Crippen molar-refractivity contribution in [2.24, 2.45) is 0 Å². The fourth-order valence-electron chi connectivity index (χ4n) is 4.44. The summed E-state index contributed by atoms with van der Waals surface area (Å²) in [4.78, 5) is 0. The number of unbranched alkanes of at least 4 members (excludes halogenated alkanes) is 9. The molecule has 1 aliphatic rings. The van der Waals surface area contributed by atoms with Gasteiger partial charge in [0.1, 0.15) is 0 Å². The highest BCUT2D eigenvalue weighted by Crippen LogP contribution is 2.41. The summed E-state index contributed by atoms with van der Waals surface area (Å²) in [6.07, 6.45) is 14.0. The van der Waals surface area contributed by atoms with Gasteiger partial charge in [-0.1, -0.05) is 78.6 Å². The Morgan fingerprint density at radius 3 is 0.879 bits per heavy atom. The van der Waals surface area contributed by atoms with Crippen molar-refractivity contribution in [3.63, 3.8) is 0 Å². The normalized spacial score (nSPS) is 27.8. The molecule has 6 nitrogen and oxygen atoms in total. The predicted octanol–water partition coefficient (Wildman–Crippen LogP) is 7.72. The van der Waals surface area contributed by atoms with Crippen LogP contribution in [0, 0.1) is 0 Å². The first kappa shape index (κ1) is 31.4. The van der Waals surface area contributed by atoms with Crippen LogP contribution in [0.1, 0.15) is 119 Å². The lowest BCUT2D eigenvalue weighted by molar-refractivity contribution is 0.0157. The van der Waals surface area contributed by atoms with Crippen LogP contribution in [0.15, 0.2) is 0 Å². The summed E-state index contributed by atoms with van der Waals surface area (Å²) in [6.45, 7) is 14.6. The van der Waals surface area contributed by atoms with Crippen LogP contribution in [0.2, 0.25) is 18.1 Å². The van der Waals surface area contributed by atoms with Crippen LogP contribution in [-0.2, 0) is 25.6 Å². The van der Waals surface area contributed by atoms with E-state index in [2.05, 4.69) is 20.8 Å². The molecule has 0 saturated carbocycles. The van der Waals surface area contributed by atoms with E-state index in [0.29, 0.717) is 19.8 Å². The van der Waals surface area contributed by atoms with Gasteiger partial charge in [-0.05, 0) is 40.0 Å². The Morgan fingerprint density at radius 2 is 0.667 bits per heavy atom. The molecule has 0 amide bonds. The van der Waals surface area contributed by atoms with Crippen molar-refractivity contribution in [3.8, 4) is 0 Å². The van der Waals surface area contributed by atoms with Gasteiger partial charge in [0.25, 0.3) is 0 Å². The summed E-state index contributed by atoms with van der Waals surface area (Å²) in [5, 5.41) is 0. The van der Waals surface area contributed by atoms with Crippen molar-refractivity contribution < 1.29 is 25.6 Å². The molecule has 0 radical (unpaired) electrons. The zero-order chi connectivity index (χ0) is 24.5. The molecular formula is C24H54O6Si3. The fourth-order valence-corrected chi connectivity index (χ4v) is 19.4. The van der Waals surface area contributed by atoms with Crippen molar-refractivity contribution in [2.45, 2.75) is 137 Å². The molecule has 1 fully saturated rings. The Labute approximate surface area is 208 Å². The molecule has 9 heteroatoms. The molecule has 33 heavy (non-hydrogen) atoms. The SMILES string of the molecule is CCCCCC[Si]1(OCC)O[Si](CCCCCC)(OCC)O[Si](CCCCCC)(OCC)O1. The molecule has 0 spiro atoms. The lowest BCUT2D eigenvalue weighted by Crippen LogP contribution is -2.73. The van der Waals surface area contributed by atoms with Gasteiger partial charge in [-0.2, -0.15) is 0 Å². The molecule has 0 aromatic heterocycles. The van der Waals surface area contributed by atoms with E-state index in [9.17, 15) is 0 Å². The molecule has 1 aliphatic heterocycles. The van der Waals surface area contributed by atoms with Gasteiger partial charge in [0.2, 0.25) is 0 Å². The monoisotopic (exact) mass is 522 g/mol. The summed E-state index contributed by atoms with van der Waals surface area (Å²) < 4.78 is 39.9. The molecule has 0 atom stereocenters. The molecule has 0 bridgehead atoms. The minimum atomic E-state index is -2.97. The summed E-state index contributed by atoms with van der Waals surface area (Å²) in [5.74, 6) is 0. The van der Waals surface area contributed by atoms with Gasteiger partial charge in [0.15, 0.2) is 0 Å². The van der Waals surface area contributed by atoms with E-state index in [4.69, 9.17) is 25.6 Å². The number of rotatable bonds is 21. The maximum atomic E-state index is 6.88. The second-order valence-corrected chi connectivity index (χ2v) is 18.0. The van der Waals surface area contributed by atoms with E-state index >= 15 is 0 Å². The standard InChI is InChI=1S/C24H54O6Si3/c1-7-13-16-19-22-31(25-10-4)28-32(26-11-5,23-20-17-14-8-2)30-33(29-31,27-12-6)24-21-18-15-9-3/h7-24H2,1-6H3. The summed E-state index contributed by atoms with van der Waals surface area (Å²) in [6, 6.07) is 2.49. The highest BCUT2D eigenvalue weighted by atomic mass is 28.5. The van der Waals surface area contributed by atoms with E-state index in [1.54, 1.807) is 0 Å². The van der Waals surface area contributed by atoms with E-state index in [1.165, 1.54) is 57.8 Å². The first-order chi connectivity index (χ1) is 16.0. The van der Waals surface area contributed by atoms with Crippen LogP contribution in [0.5, 0.6) is 0 Å². The zero-order valence-electron chi connectivity index (χ0n) is 22.7. The van der Waals surface area contributed by atoms with E-state index in [-0.39, 0.29) is 0 Å². The average molecular weight is 523 g/mol. The Balaban J connectivity index is 3.25.